The molecule has 0 bridgehead atoms. The fourth-order valence-corrected chi connectivity index (χ4v) is 5.12. The highest BCUT2D eigenvalue weighted by molar-refractivity contribution is 6.07. The Morgan fingerprint density at radius 1 is 1.16 bits per heavy atom. The van der Waals surface area contributed by atoms with Crippen LogP contribution in [0.15, 0.2) is 30.5 Å². The minimum Gasteiger partial charge on any atom is -0.386 e. The molecule has 4 heterocycles. The van der Waals surface area contributed by atoms with Gasteiger partial charge in [0.1, 0.15) is 0 Å². The van der Waals surface area contributed by atoms with Crippen LogP contribution in [0.3, 0.4) is 0 Å². The number of hydrogen-bond acceptors (Lipinski definition) is 5. The van der Waals surface area contributed by atoms with E-state index in [2.05, 4.69) is 40.0 Å². The molecule has 0 radical (unpaired) electrons. The second-order valence-corrected chi connectivity index (χ2v) is 9.59. The van der Waals surface area contributed by atoms with Crippen LogP contribution in [0.1, 0.15) is 50.9 Å². The zero-order chi connectivity index (χ0) is 22.6. The molecule has 0 spiro atoms. The van der Waals surface area contributed by atoms with E-state index < -0.39 is 5.60 Å². The molecule has 0 amide bonds. The SMILES string of the molecule is Cc1nnn(C)c1-c1cnc2c3ccc(C(C)(C)O)cc3n([C@H](C)C3CCOCC3)c2c1. The number of hydrogen-bond donors (Lipinski definition) is 1. The molecule has 0 saturated carbocycles. The Hall–Kier alpha value is -2.77. The van der Waals surface area contributed by atoms with Crippen LogP contribution in [0, 0.1) is 12.8 Å². The van der Waals surface area contributed by atoms with Gasteiger partial charge in [-0.3, -0.25) is 4.98 Å². The molecule has 3 aromatic heterocycles. The highest BCUT2D eigenvalue weighted by Gasteiger charge is 2.27. The first-order valence-electron chi connectivity index (χ1n) is 11.4. The Labute approximate surface area is 188 Å². The molecule has 1 fully saturated rings. The largest absolute Gasteiger partial charge is 0.386 e. The van der Waals surface area contributed by atoms with Crippen LogP contribution in [-0.4, -0.2) is 42.9 Å². The van der Waals surface area contributed by atoms with Gasteiger partial charge in [0.15, 0.2) is 0 Å². The molecule has 0 aliphatic carbocycles. The molecule has 168 valence electrons. The van der Waals surface area contributed by atoms with Crippen LogP contribution in [0.2, 0.25) is 0 Å². The topological polar surface area (TPSA) is 78.0 Å². The lowest BCUT2D eigenvalue weighted by Crippen LogP contribution is -2.24. The Bertz CT molecular complexity index is 1270. The third kappa shape index (κ3) is 3.40. The molecule has 1 N–H and O–H groups in total. The summed E-state index contributed by atoms with van der Waals surface area (Å²) in [6.07, 6.45) is 4.01. The average molecular weight is 434 g/mol. The van der Waals surface area contributed by atoms with Crippen LogP contribution >= 0.6 is 0 Å². The number of aromatic nitrogens is 5. The average Bonchev–Trinajstić information content (AvgIpc) is 3.28. The number of benzene rings is 1. The zero-order valence-electron chi connectivity index (χ0n) is 19.5. The van der Waals surface area contributed by atoms with Gasteiger partial charge >= 0.3 is 0 Å². The van der Waals surface area contributed by atoms with Gasteiger partial charge in [-0.25, -0.2) is 4.68 Å². The molecular weight excluding hydrogens is 402 g/mol. The molecule has 5 rings (SSSR count). The van der Waals surface area contributed by atoms with Gasteiger partial charge in [0.2, 0.25) is 0 Å². The van der Waals surface area contributed by atoms with Gasteiger partial charge < -0.3 is 14.4 Å². The molecule has 0 unspecified atom stereocenters. The van der Waals surface area contributed by atoms with E-state index in [0.29, 0.717) is 5.92 Å². The number of nitrogens with zero attached hydrogens (tertiary/aromatic N) is 5. The van der Waals surface area contributed by atoms with E-state index in [4.69, 9.17) is 9.72 Å². The van der Waals surface area contributed by atoms with Crippen LogP contribution in [0.25, 0.3) is 33.2 Å². The van der Waals surface area contributed by atoms with E-state index in [0.717, 1.165) is 70.5 Å². The van der Waals surface area contributed by atoms with E-state index in [1.165, 1.54) is 0 Å². The predicted octanol–water partition coefficient (Wildman–Crippen LogP) is 4.51. The van der Waals surface area contributed by atoms with Crippen molar-refractivity contribution in [2.75, 3.05) is 13.2 Å². The molecule has 1 atom stereocenters. The van der Waals surface area contributed by atoms with Gasteiger partial charge in [-0.1, -0.05) is 17.3 Å². The molecule has 32 heavy (non-hydrogen) atoms. The Morgan fingerprint density at radius 2 is 1.91 bits per heavy atom. The highest BCUT2D eigenvalue weighted by atomic mass is 16.5. The summed E-state index contributed by atoms with van der Waals surface area (Å²) in [5.41, 5.74) is 6.07. The van der Waals surface area contributed by atoms with Crippen molar-refractivity contribution in [2.45, 2.75) is 52.2 Å². The summed E-state index contributed by atoms with van der Waals surface area (Å²) in [5.74, 6) is 0.525. The summed E-state index contributed by atoms with van der Waals surface area (Å²) in [5, 5.41) is 20.2. The number of fused-ring (bicyclic) bond motifs is 3. The summed E-state index contributed by atoms with van der Waals surface area (Å²) in [4.78, 5) is 4.91. The van der Waals surface area contributed by atoms with Gasteiger partial charge in [-0.05, 0) is 64.2 Å². The fourth-order valence-electron chi connectivity index (χ4n) is 5.12. The van der Waals surface area contributed by atoms with Crippen molar-refractivity contribution in [3.63, 3.8) is 0 Å². The monoisotopic (exact) mass is 433 g/mol. The molecule has 7 heteroatoms. The summed E-state index contributed by atoms with van der Waals surface area (Å²) in [6, 6.07) is 8.73. The van der Waals surface area contributed by atoms with Crippen molar-refractivity contribution >= 4 is 21.9 Å². The predicted molar refractivity (Wildman–Crippen MR) is 125 cm³/mol. The molecule has 7 nitrogen and oxygen atoms in total. The molecular formula is C25H31N5O2. The normalized spacial score (nSPS) is 16.8. The first kappa shape index (κ1) is 21.1. The van der Waals surface area contributed by atoms with Crippen molar-refractivity contribution in [2.24, 2.45) is 13.0 Å². The lowest BCUT2D eigenvalue weighted by Gasteiger charge is -2.30. The first-order chi connectivity index (χ1) is 15.3. The minimum absolute atomic E-state index is 0.277. The molecule has 1 aliphatic heterocycles. The lowest BCUT2D eigenvalue weighted by molar-refractivity contribution is 0.0524. The van der Waals surface area contributed by atoms with Crippen LogP contribution in [-0.2, 0) is 17.4 Å². The summed E-state index contributed by atoms with van der Waals surface area (Å²) < 4.78 is 9.86. The first-order valence-corrected chi connectivity index (χ1v) is 11.4. The van der Waals surface area contributed by atoms with Crippen LogP contribution in [0.5, 0.6) is 0 Å². The number of ether oxygens (including phenoxy) is 1. The Balaban J connectivity index is 1.78. The lowest BCUT2D eigenvalue weighted by atomic mass is 9.92. The van der Waals surface area contributed by atoms with E-state index >= 15 is 0 Å². The van der Waals surface area contributed by atoms with Crippen molar-refractivity contribution < 1.29 is 9.84 Å². The smallest absolute Gasteiger partial charge is 0.0960 e. The Kier molecular flexibility index (Phi) is 5.06. The fraction of sp³-hybridized carbons (Fsp3) is 0.480. The van der Waals surface area contributed by atoms with E-state index in [1.807, 2.05) is 40.1 Å². The standard InChI is InChI=1S/C25H31N5O2/c1-15-24(29(5)28-27-15)18-12-22-23(26-14-18)20-7-6-19(25(3,4)31)13-21(20)30(22)16(2)17-8-10-32-11-9-17/h6-7,12-14,16-17,31H,8-11H2,1-5H3/t16-/m1/s1. The zero-order valence-corrected chi connectivity index (χ0v) is 19.5. The molecule has 1 aromatic carbocycles. The number of pyridine rings is 1. The van der Waals surface area contributed by atoms with Crippen molar-refractivity contribution in [1.29, 1.82) is 0 Å². The molecule has 1 saturated heterocycles. The van der Waals surface area contributed by atoms with Gasteiger partial charge in [-0.15, -0.1) is 5.10 Å². The minimum atomic E-state index is -0.909. The number of aliphatic hydroxyl groups is 1. The van der Waals surface area contributed by atoms with Crippen LogP contribution in [0.4, 0.5) is 0 Å². The highest BCUT2D eigenvalue weighted by Crippen LogP contribution is 2.39. The van der Waals surface area contributed by atoms with Gasteiger partial charge in [0.25, 0.3) is 0 Å². The van der Waals surface area contributed by atoms with Crippen molar-refractivity contribution in [3.8, 4) is 11.3 Å². The van der Waals surface area contributed by atoms with Gasteiger partial charge in [0, 0.05) is 43.4 Å². The summed E-state index contributed by atoms with van der Waals surface area (Å²) in [7, 11) is 1.91. The second kappa shape index (κ2) is 7.67. The van der Waals surface area contributed by atoms with Gasteiger partial charge in [-0.2, -0.15) is 0 Å². The maximum atomic E-state index is 10.7. The van der Waals surface area contributed by atoms with E-state index in [9.17, 15) is 5.11 Å². The maximum Gasteiger partial charge on any atom is 0.0960 e. The van der Waals surface area contributed by atoms with Gasteiger partial charge in [0.05, 0.1) is 33.5 Å². The maximum absolute atomic E-state index is 10.7. The van der Waals surface area contributed by atoms with Crippen LogP contribution < -0.4 is 0 Å². The Morgan fingerprint density at radius 3 is 2.56 bits per heavy atom. The third-order valence-corrected chi connectivity index (χ3v) is 6.97. The summed E-state index contributed by atoms with van der Waals surface area (Å²) in [6.45, 7) is 9.56. The third-order valence-electron chi connectivity index (χ3n) is 6.97. The van der Waals surface area contributed by atoms with Crippen molar-refractivity contribution in [1.82, 2.24) is 24.5 Å². The molecule has 1 aliphatic rings. The molecule has 4 aromatic rings. The second-order valence-electron chi connectivity index (χ2n) is 9.59. The van der Waals surface area contributed by atoms with E-state index in [1.54, 1.807) is 4.68 Å². The van der Waals surface area contributed by atoms with Crippen molar-refractivity contribution in [3.05, 3.63) is 41.7 Å². The van der Waals surface area contributed by atoms with E-state index in [-0.39, 0.29) is 6.04 Å². The quantitative estimate of drug-likeness (QED) is 0.512. The number of aryl methyl sites for hydroxylation is 2. The summed E-state index contributed by atoms with van der Waals surface area (Å²) >= 11 is 0. The number of rotatable bonds is 4.